The molecule has 1 aliphatic rings. The summed E-state index contributed by atoms with van der Waals surface area (Å²) in [5.41, 5.74) is 1.67. The molecule has 0 unspecified atom stereocenters. The molecular weight excluding hydrogens is 256 g/mol. The van der Waals surface area contributed by atoms with Crippen molar-refractivity contribution in [1.29, 1.82) is 0 Å². The van der Waals surface area contributed by atoms with E-state index in [0.717, 1.165) is 24.1 Å². The summed E-state index contributed by atoms with van der Waals surface area (Å²) in [5, 5.41) is 9.58. The molecule has 0 atom stereocenters. The Kier molecular flexibility index (Phi) is 2.88. The van der Waals surface area contributed by atoms with Gasteiger partial charge in [0.2, 0.25) is 0 Å². The van der Waals surface area contributed by atoms with E-state index >= 15 is 0 Å². The Labute approximate surface area is 117 Å². The van der Waals surface area contributed by atoms with Gasteiger partial charge in [-0.05, 0) is 18.8 Å². The van der Waals surface area contributed by atoms with Gasteiger partial charge < -0.3 is 9.73 Å². The molecule has 0 aromatic carbocycles. The number of amides is 1. The monoisotopic (exact) mass is 274 g/mol. The maximum Gasteiger partial charge on any atom is 0.312 e. The Morgan fingerprint density at radius 2 is 2.20 bits per heavy atom. The van der Waals surface area contributed by atoms with Gasteiger partial charge >= 0.3 is 5.91 Å². The molecule has 6 heteroatoms. The Hall–Kier alpha value is -2.11. The first-order valence-electron chi connectivity index (χ1n) is 6.76. The van der Waals surface area contributed by atoms with E-state index in [1.165, 1.54) is 6.26 Å². The molecule has 1 saturated carbocycles. The van der Waals surface area contributed by atoms with Crippen LogP contribution in [0.5, 0.6) is 0 Å². The molecule has 3 rings (SSSR count). The van der Waals surface area contributed by atoms with Crippen LogP contribution in [-0.4, -0.2) is 21.1 Å². The fourth-order valence-electron chi connectivity index (χ4n) is 1.99. The third kappa shape index (κ3) is 2.45. The second-order valence-corrected chi connectivity index (χ2v) is 6.22. The lowest BCUT2D eigenvalue weighted by atomic mass is 9.93. The van der Waals surface area contributed by atoms with Crippen molar-refractivity contribution in [3.05, 3.63) is 29.6 Å². The molecule has 0 spiro atoms. The highest BCUT2D eigenvalue weighted by Crippen LogP contribution is 2.42. The maximum atomic E-state index is 12.1. The highest BCUT2D eigenvalue weighted by molar-refractivity contribution is 6.00. The second-order valence-electron chi connectivity index (χ2n) is 6.22. The summed E-state index contributed by atoms with van der Waals surface area (Å²) in [6.45, 7) is 6.06. The van der Waals surface area contributed by atoms with Gasteiger partial charge in [0, 0.05) is 11.0 Å². The van der Waals surface area contributed by atoms with Crippen LogP contribution in [0.15, 0.2) is 16.9 Å². The molecule has 0 bridgehead atoms. The summed E-state index contributed by atoms with van der Waals surface area (Å²) in [7, 11) is 0. The summed E-state index contributed by atoms with van der Waals surface area (Å²) in [4.78, 5) is 16.4. The van der Waals surface area contributed by atoms with E-state index in [4.69, 9.17) is 4.42 Å². The lowest BCUT2D eigenvalue weighted by Gasteiger charge is -2.12. The lowest BCUT2D eigenvalue weighted by molar-refractivity contribution is 0.0989. The molecule has 0 radical (unpaired) electrons. The van der Waals surface area contributed by atoms with Crippen LogP contribution in [0.4, 0.5) is 5.82 Å². The average Bonchev–Trinajstić information content (AvgIpc) is 2.91. The van der Waals surface area contributed by atoms with E-state index in [1.54, 1.807) is 6.20 Å². The molecule has 2 aromatic heterocycles. The van der Waals surface area contributed by atoms with Gasteiger partial charge in [0.15, 0.2) is 0 Å². The number of rotatable bonds is 3. The van der Waals surface area contributed by atoms with Crippen LogP contribution in [0.3, 0.4) is 0 Å². The van der Waals surface area contributed by atoms with E-state index in [9.17, 15) is 4.79 Å². The summed E-state index contributed by atoms with van der Waals surface area (Å²) in [6, 6.07) is 0. The van der Waals surface area contributed by atoms with E-state index < -0.39 is 0 Å². The topological polar surface area (TPSA) is 83.8 Å². The largest absolute Gasteiger partial charge is 0.441 e. The molecule has 2 N–H and O–H groups in total. The Balaban J connectivity index is 1.76. The Bertz CT molecular complexity index is 632. The third-order valence-corrected chi connectivity index (χ3v) is 3.39. The summed E-state index contributed by atoms with van der Waals surface area (Å²) >= 11 is 0. The number of anilines is 1. The van der Waals surface area contributed by atoms with Crippen LogP contribution < -0.4 is 5.32 Å². The standard InChI is InChI=1S/C14H18N4O2/c1-14(2,3)10-7-20-13(16-10)12(19)17-11-9(6-15-18-11)8-4-5-8/h6-8H,4-5H2,1-3H3,(H2,15,17,18,19). The number of nitrogens with one attached hydrogen (secondary N) is 2. The second kappa shape index (κ2) is 4.47. The quantitative estimate of drug-likeness (QED) is 0.901. The number of nitrogens with zero attached hydrogens (tertiary/aromatic N) is 2. The van der Waals surface area contributed by atoms with Gasteiger partial charge in [0.1, 0.15) is 12.1 Å². The predicted octanol–water partition coefficient (Wildman–Crippen LogP) is 2.82. The number of hydrogen-bond acceptors (Lipinski definition) is 4. The molecule has 1 fully saturated rings. The number of aromatic nitrogens is 3. The highest BCUT2D eigenvalue weighted by Gasteiger charge is 2.29. The summed E-state index contributed by atoms with van der Waals surface area (Å²) < 4.78 is 5.26. The van der Waals surface area contributed by atoms with Gasteiger partial charge in [-0.25, -0.2) is 4.98 Å². The fourth-order valence-corrected chi connectivity index (χ4v) is 1.99. The molecule has 20 heavy (non-hydrogen) atoms. The van der Waals surface area contributed by atoms with Crippen LogP contribution in [-0.2, 0) is 5.41 Å². The van der Waals surface area contributed by atoms with E-state index in [1.807, 2.05) is 20.8 Å². The lowest BCUT2D eigenvalue weighted by Crippen LogP contribution is -2.16. The molecule has 1 amide bonds. The van der Waals surface area contributed by atoms with Crippen molar-refractivity contribution in [2.75, 3.05) is 5.32 Å². The Morgan fingerprint density at radius 1 is 1.45 bits per heavy atom. The van der Waals surface area contributed by atoms with Crippen molar-refractivity contribution in [1.82, 2.24) is 15.2 Å². The number of carbonyl (C=O) groups is 1. The molecule has 0 saturated heterocycles. The van der Waals surface area contributed by atoms with E-state index in [0.29, 0.717) is 11.7 Å². The van der Waals surface area contributed by atoms with Gasteiger partial charge in [-0.15, -0.1) is 0 Å². The van der Waals surface area contributed by atoms with Crippen LogP contribution in [0.1, 0.15) is 61.5 Å². The van der Waals surface area contributed by atoms with Crippen molar-refractivity contribution in [3.8, 4) is 0 Å². The first-order valence-corrected chi connectivity index (χ1v) is 6.76. The van der Waals surface area contributed by atoms with Gasteiger partial charge in [0.25, 0.3) is 5.89 Å². The van der Waals surface area contributed by atoms with Gasteiger partial charge in [-0.1, -0.05) is 20.8 Å². The van der Waals surface area contributed by atoms with Crippen LogP contribution in [0.2, 0.25) is 0 Å². The molecule has 2 aromatic rings. The van der Waals surface area contributed by atoms with Gasteiger partial charge in [-0.3, -0.25) is 9.89 Å². The first kappa shape index (κ1) is 12.9. The molecule has 2 heterocycles. The first-order chi connectivity index (χ1) is 9.45. The van der Waals surface area contributed by atoms with Gasteiger partial charge in [0.05, 0.1) is 11.9 Å². The Morgan fingerprint density at radius 3 is 2.80 bits per heavy atom. The number of carbonyl (C=O) groups excluding carboxylic acids is 1. The van der Waals surface area contributed by atoms with Crippen molar-refractivity contribution in [2.45, 2.75) is 44.9 Å². The zero-order valence-electron chi connectivity index (χ0n) is 11.9. The minimum atomic E-state index is -0.355. The van der Waals surface area contributed by atoms with Crippen LogP contribution in [0, 0.1) is 0 Å². The van der Waals surface area contributed by atoms with Crippen molar-refractivity contribution in [3.63, 3.8) is 0 Å². The SMILES string of the molecule is CC(C)(C)c1coc(C(=O)Nc2[nH]ncc2C2CC2)n1. The number of aromatic amines is 1. The number of hydrogen-bond donors (Lipinski definition) is 2. The normalized spacial score (nSPS) is 15.3. The van der Waals surface area contributed by atoms with Crippen LogP contribution >= 0.6 is 0 Å². The molecule has 6 nitrogen and oxygen atoms in total. The third-order valence-electron chi connectivity index (χ3n) is 3.39. The predicted molar refractivity (Wildman–Crippen MR) is 73.7 cm³/mol. The molecule has 0 aliphatic heterocycles. The van der Waals surface area contributed by atoms with Crippen molar-refractivity contribution < 1.29 is 9.21 Å². The smallest absolute Gasteiger partial charge is 0.312 e. The number of oxazole rings is 1. The summed E-state index contributed by atoms with van der Waals surface area (Å²) in [5.74, 6) is 0.879. The van der Waals surface area contributed by atoms with Gasteiger partial charge in [-0.2, -0.15) is 5.10 Å². The molecular formula is C14H18N4O2. The molecule has 1 aliphatic carbocycles. The highest BCUT2D eigenvalue weighted by atomic mass is 16.4. The minimum Gasteiger partial charge on any atom is -0.441 e. The zero-order chi connectivity index (χ0) is 14.3. The van der Waals surface area contributed by atoms with E-state index in [2.05, 4.69) is 20.5 Å². The zero-order valence-corrected chi connectivity index (χ0v) is 11.9. The fraction of sp³-hybridized carbons (Fsp3) is 0.500. The maximum absolute atomic E-state index is 12.1. The van der Waals surface area contributed by atoms with Crippen molar-refractivity contribution in [2.24, 2.45) is 0 Å². The number of H-pyrrole nitrogens is 1. The molecule has 106 valence electrons. The van der Waals surface area contributed by atoms with Crippen LogP contribution in [0.25, 0.3) is 0 Å². The average molecular weight is 274 g/mol. The van der Waals surface area contributed by atoms with Crippen molar-refractivity contribution >= 4 is 11.7 Å². The summed E-state index contributed by atoms with van der Waals surface area (Å²) in [6.07, 6.45) is 5.60. The minimum absolute atomic E-state index is 0.0753. The van der Waals surface area contributed by atoms with E-state index in [-0.39, 0.29) is 17.2 Å².